The maximum atomic E-state index is 12.5. The molecule has 31 heavy (non-hydrogen) atoms. The van der Waals surface area contributed by atoms with Gasteiger partial charge < -0.3 is 10.1 Å². The molecule has 6 nitrogen and oxygen atoms in total. The maximum absolute atomic E-state index is 12.5. The van der Waals surface area contributed by atoms with Gasteiger partial charge in [0.05, 0.1) is 25.1 Å². The normalized spacial score (nSPS) is 14.8. The van der Waals surface area contributed by atoms with Crippen LogP contribution in [0.1, 0.15) is 54.9 Å². The monoisotopic (exact) mass is 444 g/mol. The molecule has 1 aliphatic carbocycles. The molecule has 2 aromatic carbocycles. The molecule has 0 aromatic heterocycles. The molecule has 1 fully saturated rings. The second kappa shape index (κ2) is 10.7. The molecular weight excluding hydrogens is 412 g/mol. The minimum Gasteiger partial charge on any atom is -0.492 e. The van der Waals surface area contributed by atoms with Gasteiger partial charge in [0.25, 0.3) is 5.91 Å². The third kappa shape index (κ3) is 6.47. The number of carbonyl (C=O) groups is 1. The summed E-state index contributed by atoms with van der Waals surface area (Å²) < 4.78 is 32.0. The van der Waals surface area contributed by atoms with Gasteiger partial charge in [-0.1, -0.05) is 43.5 Å². The van der Waals surface area contributed by atoms with Gasteiger partial charge in [0.1, 0.15) is 5.75 Å². The molecule has 0 spiro atoms. The number of nitrogens with one attached hydrogen (secondary N) is 1. The van der Waals surface area contributed by atoms with Gasteiger partial charge in [0, 0.05) is 12.1 Å². The van der Waals surface area contributed by atoms with Gasteiger partial charge >= 0.3 is 0 Å². The highest BCUT2D eigenvalue weighted by atomic mass is 32.2. The average Bonchev–Trinajstić information content (AvgIpc) is 2.77. The summed E-state index contributed by atoms with van der Waals surface area (Å²) in [6.07, 6.45) is 7.35. The topological polar surface area (TPSA) is 75.7 Å². The molecule has 3 rings (SSSR count). The van der Waals surface area contributed by atoms with E-state index in [1.54, 1.807) is 42.5 Å². The van der Waals surface area contributed by atoms with Crippen LogP contribution < -0.4 is 14.4 Å². The molecule has 0 atom stereocenters. The van der Waals surface area contributed by atoms with Crippen molar-refractivity contribution < 1.29 is 17.9 Å². The first-order valence-corrected chi connectivity index (χ1v) is 12.8. The van der Waals surface area contributed by atoms with Crippen molar-refractivity contribution in [1.82, 2.24) is 5.32 Å². The van der Waals surface area contributed by atoms with E-state index < -0.39 is 10.0 Å². The van der Waals surface area contributed by atoms with Crippen LogP contribution in [0.15, 0.2) is 48.5 Å². The molecule has 0 radical (unpaired) electrons. The number of anilines is 1. The summed E-state index contributed by atoms with van der Waals surface area (Å²) in [6, 6.07) is 14.2. The van der Waals surface area contributed by atoms with E-state index >= 15 is 0 Å². The molecule has 0 unspecified atom stereocenters. The summed E-state index contributed by atoms with van der Waals surface area (Å²) >= 11 is 0. The number of ether oxygens (including phenoxy) is 1. The number of rotatable bonds is 9. The van der Waals surface area contributed by atoms with Crippen LogP contribution in [0, 0.1) is 5.92 Å². The molecule has 1 amide bonds. The zero-order valence-corrected chi connectivity index (χ0v) is 19.2. The van der Waals surface area contributed by atoms with Crippen molar-refractivity contribution in [1.29, 1.82) is 0 Å². The molecule has 168 valence electrons. The minimum atomic E-state index is -3.53. The fourth-order valence-corrected chi connectivity index (χ4v) is 4.87. The molecule has 1 saturated carbocycles. The van der Waals surface area contributed by atoms with Gasteiger partial charge in [-0.05, 0) is 55.5 Å². The third-order valence-corrected chi connectivity index (χ3v) is 6.78. The quantitative estimate of drug-likeness (QED) is 0.623. The first-order chi connectivity index (χ1) is 14.9. The van der Waals surface area contributed by atoms with Crippen LogP contribution in [0.3, 0.4) is 0 Å². The first-order valence-electron chi connectivity index (χ1n) is 10.9. The van der Waals surface area contributed by atoms with Crippen LogP contribution in [0.2, 0.25) is 0 Å². The Bertz CT molecular complexity index is 967. The van der Waals surface area contributed by atoms with Crippen molar-refractivity contribution in [2.24, 2.45) is 5.92 Å². The van der Waals surface area contributed by atoms with Crippen molar-refractivity contribution in [3.05, 3.63) is 59.7 Å². The molecule has 0 saturated heterocycles. The van der Waals surface area contributed by atoms with Crippen molar-refractivity contribution >= 4 is 21.6 Å². The van der Waals surface area contributed by atoms with Crippen LogP contribution in [-0.4, -0.2) is 33.7 Å². The van der Waals surface area contributed by atoms with E-state index in [1.165, 1.54) is 42.7 Å². The van der Waals surface area contributed by atoms with Crippen LogP contribution in [0.4, 0.5) is 5.69 Å². The van der Waals surface area contributed by atoms with Gasteiger partial charge in [0.15, 0.2) is 0 Å². The van der Waals surface area contributed by atoms with Crippen molar-refractivity contribution in [2.75, 3.05) is 23.7 Å². The summed E-state index contributed by atoms with van der Waals surface area (Å²) in [6.45, 7) is 3.18. The number of hydrogen-bond acceptors (Lipinski definition) is 4. The Morgan fingerprint density at radius 3 is 2.39 bits per heavy atom. The average molecular weight is 445 g/mol. The van der Waals surface area contributed by atoms with E-state index in [-0.39, 0.29) is 12.5 Å². The Balaban J connectivity index is 1.69. The highest BCUT2D eigenvalue weighted by Gasteiger charge is 2.22. The molecule has 2 aromatic rings. The molecule has 7 heteroatoms. The molecule has 0 bridgehead atoms. The lowest BCUT2D eigenvalue weighted by Gasteiger charge is -2.25. The third-order valence-electron chi connectivity index (χ3n) is 5.65. The summed E-state index contributed by atoms with van der Waals surface area (Å²) in [5, 5.41) is 3.04. The molecule has 1 aliphatic rings. The maximum Gasteiger partial charge on any atom is 0.251 e. The van der Waals surface area contributed by atoms with Crippen molar-refractivity contribution in [3.8, 4) is 5.75 Å². The number of hydrogen-bond donors (Lipinski definition) is 1. The number of nitrogens with zero attached hydrogens (tertiary/aromatic N) is 1. The fraction of sp³-hybridized carbons (Fsp3) is 0.458. The van der Waals surface area contributed by atoms with Crippen molar-refractivity contribution in [2.45, 2.75) is 45.6 Å². The Morgan fingerprint density at radius 2 is 1.74 bits per heavy atom. The number of sulfonamides is 1. The molecule has 1 N–H and O–H groups in total. The van der Waals surface area contributed by atoms with Gasteiger partial charge in [0.2, 0.25) is 10.0 Å². The Kier molecular flexibility index (Phi) is 7.96. The van der Waals surface area contributed by atoms with E-state index in [4.69, 9.17) is 4.74 Å². The summed E-state index contributed by atoms with van der Waals surface area (Å²) in [5.41, 5.74) is 1.88. The Morgan fingerprint density at radius 1 is 1.06 bits per heavy atom. The van der Waals surface area contributed by atoms with Crippen molar-refractivity contribution in [3.63, 3.8) is 0 Å². The summed E-state index contributed by atoms with van der Waals surface area (Å²) in [7, 11) is -3.53. The smallest absolute Gasteiger partial charge is 0.251 e. The molecule has 0 heterocycles. The largest absolute Gasteiger partial charge is 0.492 e. The van der Waals surface area contributed by atoms with Crippen LogP contribution >= 0.6 is 0 Å². The van der Waals surface area contributed by atoms with Gasteiger partial charge in [-0.2, -0.15) is 0 Å². The zero-order chi connectivity index (χ0) is 22.3. The van der Waals surface area contributed by atoms with Crippen LogP contribution in [0.25, 0.3) is 0 Å². The van der Waals surface area contributed by atoms with Gasteiger partial charge in [-0.3, -0.25) is 9.10 Å². The van der Waals surface area contributed by atoms with E-state index in [1.807, 2.05) is 13.0 Å². The SMILES string of the molecule is CCOc1ccccc1N(Cc1ccc(C(=O)NCC2CCCCC2)cc1)S(C)(=O)=O. The lowest BCUT2D eigenvalue weighted by Crippen LogP contribution is -2.30. The number of carbonyl (C=O) groups excluding carboxylic acids is 1. The van der Waals surface area contributed by atoms with E-state index in [0.717, 1.165) is 12.1 Å². The number of para-hydroxylation sites is 2. The number of benzene rings is 2. The van der Waals surface area contributed by atoms with E-state index in [0.29, 0.717) is 29.5 Å². The Labute approximate surface area is 185 Å². The van der Waals surface area contributed by atoms with E-state index in [2.05, 4.69) is 5.32 Å². The standard InChI is InChI=1S/C24H32N2O4S/c1-3-30-23-12-8-7-11-22(23)26(31(2,28)29)18-20-13-15-21(16-14-20)24(27)25-17-19-9-5-4-6-10-19/h7-8,11-16,19H,3-6,9-10,17-18H2,1-2H3,(H,25,27). The number of amides is 1. The van der Waals surface area contributed by atoms with E-state index in [9.17, 15) is 13.2 Å². The van der Waals surface area contributed by atoms with Gasteiger partial charge in [-0.15, -0.1) is 0 Å². The predicted octanol–water partition coefficient (Wildman–Crippen LogP) is 4.36. The Hall–Kier alpha value is -2.54. The summed E-state index contributed by atoms with van der Waals surface area (Å²) in [5.74, 6) is 1.01. The minimum absolute atomic E-state index is 0.0845. The zero-order valence-electron chi connectivity index (χ0n) is 18.3. The molecule has 0 aliphatic heterocycles. The lowest BCUT2D eigenvalue weighted by atomic mass is 9.89. The highest BCUT2D eigenvalue weighted by Crippen LogP contribution is 2.31. The van der Waals surface area contributed by atoms with Crippen LogP contribution in [-0.2, 0) is 16.6 Å². The van der Waals surface area contributed by atoms with Crippen LogP contribution in [0.5, 0.6) is 5.75 Å². The summed E-state index contributed by atoms with van der Waals surface area (Å²) in [4.78, 5) is 12.5. The second-order valence-electron chi connectivity index (χ2n) is 8.08. The molecular formula is C24H32N2O4S. The first kappa shape index (κ1) is 23.1. The fourth-order valence-electron chi connectivity index (χ4n) is 3.98. The lowest BCUT2D eigenvalue weighted by molar-refractivity contribution is 0.0943. The second-order valence-corrected chi connectivity index (χ2v) is 9.99. The van der Waals surface area contributed by atoms with Gasteiger partial charge in [-0.25, -0.2) is 8.42 Å². The predicted molar refractivity (Wildman–Crippen MR) is 124 cm³/mol. The highest BCUT2D eigenvalue weighted by molar-refractivity contribution is 7.92.